The van der Waals surface area contributed by atoms with Crippen LogP contribution in [0, 0.1) is 6.92 Å². The minimum absolute atomic E-state index is 0.0842. The van der Waals surface area contributed by atoms with Crippen molar-refractivity contribution >= 4 is 15.9 Å². The van der Waals surface area contributed by atoms with Crippen molar-refractivity contribution in [3.63, 3.8) is 0 Å². The first kappa shape index (κ1) is 14.5. The molecule has 0 unspecified atom stereocenters. The van der Waals surface area contributed by atoms with Crippen LogP contribution in [-0.4, -0.2) is 30.9 Å². The molecule has 2 aromatic rings. The quantitative estimate of drug-likeness (QED) is 0.828. The minimum atomic E-state index is -4.48. The molecule has 1 aromatic heterocycles. The second-order valence-electron chi connectivity index (χ2n) is 4.58. The van der Waals surface area contributed by atoms with E-state index in [0.29, 0.717) is 6.54 Å². The Hall–Kier alpha value is -1.89. The van der Waals surface area contributed by atoms with Gasteiger partial charge in [0, 0.05) is 18.4 Å². The van der Waals surface area contributed by atoms with Crippen molar-refractivity contribution in [2.75, 3.05) is 17.2 Å². The van der Waals surface area contributed by atoms with Crippen molar-refractivity contribution in [1.29, 1.82) is 0 Å². The number of nitrogens with one attached hydrogen (secondary N) is 1. The number of anilines is 1. The van der Waals surface area contributed by atoms with Gasteiger partial charge in [-0.05, 0) is 25.1 Å². The standard InChI is InChI=1S/C13H16FN3O2S/c1-11-2-4-13(5-3-11)17(8-9-20(14,18)19)10-12-6-7-15-16-12/h2-7H,8-10H2,1H3,(H,15,16). The molecule has 20 heavy (non-hydrogen) atoms. The molecular formula is C13H16FN3O2S. The van der Waals surface area contributed by atoms with Gasteiger partial charge in [-0.25, -0.2) is 0 Å². The number of aromatic nitrogens is 2. The van der Waals surface area contributed by atoms with E-state index in [1.807, 2.05) is 31.2 Å². The maximum absolute atomic E-state index is 12.7. The SMILES string of the molecule is Cc1ccc(N(CCS(=O)(=O)F)Cc2ccn[nH]2)cc1. The summed E-state index contributed by atoms with van der Waals surface area (Å²) in [5.41, 5.74) is 2.78. The van der Waals surface area contributed by atoms with Gasteiger partial charge in [-0.1, -0.05) is 17.7 Å². The molecule has 0 saturated carbocycles. The summed E-state index contributed by atoms with van der Waals surface area (Å²) < 4.78 is 34.2. The van der Waals surface area contributed by atoms with Gasteiger partial charge in [0.1, 0.15) is 0 Å². The van der Waals surface area contributed by atoms with Crippen molar-refractivity contribution < 1.29 is 12.3 Å². The number of halogens is 1. The molecule has 0 spiro atoms. The summed E-state index contributed by atoms with van der Waals surface area (Å²) >= 11 is 0. The molecule has 0 radical (unpaired) electrons. The van der Waals surface area contributed by atoms with Gasteiger partial charge < -0.3 is 4.90 Å². The monoisotopic (exact) mass is 297 g/mol. The zero-order valence-corrected chi connectivity index (χ0v) is 11.9. The number of aromatic amines is 1. The number of hydrogen-bond acceptors (Lipinski definition) is 4. The largest absolute Gasteiger partial charge is 0.365 e. The van der Waals surface area contributed by atoms with Crippen molar-refractivity contribution in [3.8, 4) is 0 Å². The lowest BCUT2D eigenvalue weighted by molar-refractivity contribution is 0.550. The molecular weight excluding hydrogens is 281 g/mol. The van der Waals surface area contributed by atoms with Crippen LogP contribution in [0.25, 0.3) is 0 Å². The second kappa shape index (κ2) is 6.04. The highest BCUT2D eigenvalue weighted by Crippen LogP contribution is 2.17. The van der Waals surface area contributed by atoms with Gasteiger partial charge in [-0.3, -0.25) is 5.10 Å². The summed E-state index contributed by atoms with van der Waals surface area (Å²) in [5.74, 6) is -0.533. The number of nitrogens with zero attached hydrogens (tertiary/aromatic N) is 2. The molecule has 0 aliphatic rings. The number of rotatable bonds is 6. The number of benzene rings is 1. The van der Waals surface area contributed by atoms with E-state index in [1.165, 1.54) is 0 Å². The average molecular weight is 297 g/mol. The van der Waals surface area contributed by atoms with E-state index >= 15 is 0 Å². The summed E-state index contributed by atoms with van der Waals surface area (Å²) in [5, 5.41) is 6.66. The molecule has 108 valence electrons. The van der Waals surface area contributed by atoms with E-state index in [-0.39, 0.29) is 6.54 Å². The van der Waals surface area contributed by atoms with E-state index in [0.717, 1.165) is 16.9 Å². The van der Waals surface area contributed by atoms with Crippen LogP contribution in [0.4, 0.5) is 9.57 Å². The van der Waals surface area contributed by atoms with Crippen LogP contribution in [0.2, 0.25) is 0 Å². The molecule has 1 N–H and O–H groups in total. The summed E-state index contributed by atoms with van der Waals surface area (Å²) in [4.78, 5) is 1.80. The van der Waals surface area contributed by atoms with Gasteiger partial charge in [0.15, 0.2) is 0 Å². The van der Waals surface area contributed by atoms with E-state index < -0.39 is 16.0 Å². The van der Waals surface area contributed by atoms with Crippen molar-refractivity contribution in [2.24, 2.45) is 0 Å². The fraction of sp³-hybridized carbons (Fsp3) is 0.308. The van der Waals surface area contributed by atoms with E-state index in [9.17, 15) is 12.3 Å². The number of H-pyrrole nitrogens is 1. The summed E-state index contributed by atoms with van der Waals surface area (Å²) in [7, 11) is -4.48. The molecule has 5 nitrogen and oxygen atoms in total. The Morgan fingerprint density at radius 1 is 1.25 bits per heavy atom. The van der Waals surface area contributed by atoms with E-state index in [4.69, 9.17) is 0 Å². The Morgan fingerprint density at radius 2 is 1.95 bits per heavy atom. The number of hydrogen-bond donors (Lipinski definition) is 1. The minimum Gasteiger partial charge on any atom is -0.365 e. The van der Waals surface area contributed by atoms with Crippen molar-refractivity contribution in [3.05, 3.63) is 47.8 Å². The zero-order valence-electron chi connectivity index (χ0n) is 11.1. The molecule has 0 saturated heterocycles. The zero-order chi connectivity index (χ0) is 14.6. The van der Waals surface area contributed by atoms with Gasteiger partial charge >= 0.3 is 10.2 Å². The Kier molecular flexibility index (Phi) is 4.39. The van der Waals surface area contributed by atoms with Gasteiger partial charge in [-0.2, -0.15) is 13.5 Å². The Labute approximate surface area is 117 Å². The average Bonchev–Trinajstić information content (AvgIpc) is 2.87. The van der Waals surface area contributed by atoms with Crippen LogP contribution < -0.4 is 4.90 Å². The van der Waals surface area contributed by atoms with Crippen LogP contribution in [0.5, 0.6) is 0 Å². The molecule has 0 bridgehead atoms. The highest BCUT2D eigenvalue weighted by molar-refractivity contribution is 7.86. The highest BCUT2D eigenvalue weighted by atomic mass is 32.3. The van der Waals surface area contributed by atoms with Gasteiger partial charge in [0.2, 0.25) is 0 Å². The van der Waals surface area contributed by atoms with Gasteiger partial charge in [0.05, 0.1) is 18.0 Å². The molecule has 2 rings (SSSR count). The highest BCUT2D eigenvalue weighted by Gasteiger charge is 2.13. The predicted molar refractivity (Wildman–Crippen MR) is 75.7 cm³/mol. The maximum Gasteiger partial charge on any atom is 0.304 e. The Morgan fingerprint density at radius 3 is 2.50 bits per heavy atom. The van der Waals surface area contributed by atoms with Crippen molar-refractivity contribution in [2.45, 2.75) is 13.5 Å². The first-order valence-corrected chi connectivity index (χ1v) is 7.71. The first-order valence-electron chi connectivity index (χ1n) is 6.16. The molecule has 0 amide bonds. The summed E-state index contributed by atoms with van der Waals surface area (Å²) in [6.45, 7) is 2.49. The predicted octanol–water partition coefficient (Wildman–Crippen LogP) is 2.02. The fourth-order valence-electron chi connectivity index (χ4n) is 1.85. The molecule has 7 heteroatoms. The van der Waals surface area contributed by atoms with Crippen LogP contribution in [-0.2, 0) is 16.8 Å². The third-order valence-electron chi connectivity index (χ3n) is 2.92. The fourth-order valence-corrected chi connectivity index (χ4v) is 2.29. The number of aryl methyl sites for hydroxylation is 1. The molecule has 1 heterocycles. The third-order valence-corrected chi connectivity index (χ3v) is 3.59. The molecule has 0 aliphatic carbocycles. The summed E-state index contributed by atoms with van der Waals surface area (Å²) in [6, 6.07) is 9.43. The first-order chi connectivity index (χ1) is 9.44. The Balaban J connectivity index is 2.16. The lowest BCUT2D eigenvalue weighted by Crippen LogP contribution is -2.28. The van der Waals surface area contributed by atoms with Crippen LogP contribution >= 0.6 is 0 Å². The summed E-state index contributed by atoms with van der Waals surface area (Å²) in [6.07, 6.45) is 1.62. The topological polar surface area (TPSA) is 66.1 Å². The van der Waals surface area contributed by atoms with Crippen molar-refractivity contribution in [1.82, 2.24) is 10.2 Å². The molecule has 1 aromatic carbocycles. The second-order valence-corrected chi connectivity index (χ2v) is 6.07. The van der Waals surface area contributed by atoms with Gasteiger partial charge in [-0.15, -0.1) is 3.89 Å². The van der Waals surface area contributed by atoms with Crippen LogP contribution in [0.3, 0.4) is 0 Å². The van der Waals surface area contributed by atoms with Crippen LogP contribution in [0.1, 0.15) is 11.3 Å². The molecule has 0 aliphatic heterocycles. The van der Waals surface area contributed by atoms with E-state index in [2.05, 4.69) is 10.2 Å². The third kappa shape index (κ3) is 4.34. The smallest absolute Gasteiger partial charge is 0.304 e. The molecule has 0 atom stereocenters. The van der Waals surface area contributed by atoms with Gasteiger partial charge in [0.25, 0.3) is 0 Å². The molecule has 0 fully saturated rings. The maximum atomic E-state index is 12.7. The lowest BCUT2D eigenvalue weighted by atomic mass is 10.2. The Bertz CT molecular complexity index is 639. The van der Waals surface area contributed by atoms with E-state index in [1.54, 1.807) is 17.2 Å². The van der Waals surface area contributed by atoms with Crippen LogP contribution in [0.15, 0.2) is 36.5 Å². The normalized spacial score (nSPS) is 11.5. The lowest BCUT2D eigenvalue weighted by Gasteiger charge is -2.23.